The van der Waals surface area contributed by atoms with E-state index in [1.807, 2.05) is 0 Å². The number of aromatic hydroxyl groups is 1. The van der Waals surface area contributed by atoms with Gasteiger partial charge >= 0.3 is 5.97 Å². The van der Waals surface area contributed by atoms with E-state index < -0.39 is 29.4 Å². The van der Waals surface area contributed by atoms with Gasteiger partial charge in [-0.15, -0.1) is 0 Å². The number of carbonyl (C=O) groups is 2. The third-order valence-electron chi connectivity index (χ3n) is 3.13. The molecule has 1 aliphatic rings. The summed E-state index contributed by atoms with van der Waals surface area (Å²) in [6, 6.07) is 1.30. The summed E-state index contributed by atoms with van der Waals surface area (Å²) in [5.74, 6) is -2.02. The summed E-state index contributed by atoms with van der Waals surface area (Å²) in [5.41, 5.74) is -0.610. The molecule has 0 bridgehead atoms. The van der Waals surface area contributed by atoms with E-state index in [2.05, 4.69) is 4.98 Å². The predicted octanol–water partition coefficient (Wildman–Crippen LogP) is 0.160. The number of nitrogens with one attached hydrogen (secondary N) is 1. The van der Waals surface area contributed by atoms with Crippen LogP contribution in [0.15, 0.2) is 16.9 Å². The third-order valence-corrected chi connectivity index (χ3v) is 3.13. The molecule has 1 amide bonds. The molecule has 1 aliphatic heterocycles. The normalized spacial score (nSPS) is 19.2. The van der Waals surface area contributed by atoms with Gasteiger partial charge in [0.15, 0.2) is 5.88 Å². The molecule has 1 aromatic rings. The van der Waals surface area contributed by atoms with E-state index in [4.69, 9.17) is 5.11 Å². The SMILES string of the molecule is O=C(O)C1CCCCN1C(=O)c1cc(O)[nH]c(=O)c1. The number of H-pyrrole nitrogens is 1. The van der Waals surface area contributed by atoms with Crippen LogP contribution in [-0.2, 0) is 4.79 Å². The number of aromatic amines is 1. The van der Waals surface area contributed by atoms with Gasteiger partial charge in [-0.05, 0) is 19.3 Å². The first-order chi connectivity index (χ1) is 8.99. The molecule has 3 N–H and O–H groups in total. The van der Waals surface area contributed by atoms with Crippen molar-refractivity contribution in [2.75, 3.05) is 6.54 Å². The van der Waals surface area contributed by atoms with Gasteiger partial charge in [0.2, 0.25) is 0 Å². The highest BCUT2D eigenvalue weighted by atomic mass is 16.4. The summed E-state index contributed by atoms with van der Waals surface area (Å²) in [7, 11) is 0. The topological polar surface area (TPSA) is 111 Å². The molecule has 2 rings (SSSR count). The molecule has 0 saturated carbocycles. The molecular weight excluding hydrogens is 252 g/mol. The van der Waals surface area contributed by atoms with Crippen LogP contribution in [0.5, 0.6) is 5.88 Å². The minimum Gasteiger partial charge on any atom is -0.494 e. The predicted molar refractivity (Wildman–Crippen MR) is 65.0 cm³/mol. The zero-order valence-electron chi connectivity index (χ0n) is 10.1. The van der Waals surface area contributed by atoms with Crippen molar-refractivity contribution in [2.45, 2.75) is 25.3 Å². The van der Waals surface area contributed by atoms with Gasteiger partial charge in [0, 0.05) is 18.7 Å². The van der Waals surface area contributed by atoms with Crippen molar-refractivity contribution >= 4 is 11.9 Å². The summed E-state index contributed by atoms with van der Waals surface area (Å²) >= 11 is 0. The van der Waals surface area contributed by atoms with Crippen LogP contribution in [0.1, 0.15) is 29.6 Å². The zero-order valence-corrected chi connectivity index (χ0v) is 10.1. The Morgan fingerprint density at radius 3 is 2.68 bits per heavy atom. The number of aromatic nitrogens is 1. The fourth-order valence-corrected chi connectivity index (χ4v) is 2.25. The minimum absolute atomic E-state index is 0.00519. The van der Waals surface area contributed by atoms with Crippen molar-refractivity contribution in [2.24, 2.45) is 0 Å². The molecule has 0 aliphatic carbocycles. The number of amides is 1. The number of pyridine rings is 1. The fraction of sp³-hybridized carbons (Fsp3) is 0.417. The third kappa shape index (κ3) is 2.75. The Morgan fingerprint density at radius 1 is 1.32 bits per heavy atom. The average Bonchev–Trinajstić information content (AvgIpc) is 2.36. The van der Waals surface area contributed by atoms with Gasteiger partial charge in [0.25, 0.3) is 11.5 Å². The van der Waals surface area contributed by atoms with E-state index in [0.29, 0.717) is 13.0 Å². The first-order valence-corrected chi connectivity index (χ1v) is 5.96. The number of likely N-dealkylation sites (tertiary alicyclic amines) is 1. The lowest BCUT2D eigenvalue weighted by Gasteiger charge is -2.32. The van der Waals surface area contributed by atoms with Gasteiger partial charge in [0.05, 0.1) is 5.56 Å². The van der Waals surface area contributed by atoms with Crippen LogP contribution in [0.4, 0.5) is 0 Å². The maximum Gasteiger partial charge on any atom is 0.326 e. The number of carboxylic acids is 1. The van der Waals surface area contributed by atoms with Gasteiger partial charge in [-0.25, -0.2) is 4.79 Å². The second kappa shape index (κ2) is 5.13. The highest BCUT2D eigenvalue weighted by Gasteiger charge is 2.32. The second-order valence-corrected chi connectivity index (χ2v) is 4.47. The van der Waals surface area contributed by atoms with E-state index in [-0.39, 0.29) is 5.56 Å². The summed E-state index contributed by atoms with van der Waals surface area (Å²) in [4.78, 5) is 37.9. The molecule has 1 unspecified atom stereocenters. The van der Waals surface area contributed by atoms with Gasteiger partial charge < -0.3 is 15.1 Å². The van der Waals surface area contributed by atoms with Crippen LogP contribution >= 0.6 is 0 Å². The largest absolute Gasteiger partial charge is 0.494 e. The number of piperidine rings is 1. The molecule has 0 spiro atoms. The monoisotopic (exact) mass is 266 g/mol. The number of aliphatic carboxylic acids is 1. The van der Waals surface area contributed by atoms with Gasteiger partial charge in [0.1, 0.15) is 6.04 Å². The summed E-state index contributed by atoms with van der Waals surface area (Å²) in [5, 5.41) is 18.4. The fourth-order valence-electron chi connectivity index (χ4n) is 2.25. The van der Waals surface area contributed by atoms with Crippen molar-refractivity contribution in [3.8, 4) is 5.88 Å². The van der Waals surface area contributed by atoms with Crippen LogP contribution in [0.25, 0.3) is 0 Å². The van der Waals surface area contributed by atoms with Crippen molar-refractivity contribution in [1.82, 2.24) is 9.88 Å². The molecule has 7 heteroatoms. The summed E-state index contributed by atoms with van der Waals surface area (Å²) in [6.45, 7) is 0.337. The van der Waals surface area contributed by atoms with E-state index in [1.54, 1.807) is 0 Å². The Labute approximate surface area is 108 Å². The van der Waals surface area contributed by atoms with Crippen LogP contribution in [0.3, 0.4) is 0 Å². The molecule has 1 saturated heterocycles. The first-order valence-electron chi connectivity index (χ1n) is 5.96. The lowest BCUT2D eigenvalue weighted by molar-refractivity contribution is -0.143. The van der Waals surface area contributed by atoms with Crippen molar-refractivity contribution in [3.05, 3.63) is 28.0 Å². The highest BCUT2D eigenvalue weighted by molar-refractivity contribution is 5.96. The molecule has 1 atom stereocenters. The quantitative estimate of drug-likeness (QED) is 0.706. The molecule has 1 fully saturated rings. The van der Waals surface area contributed by atoms with Crippen LogP contribution in [0, 0.1) is 0 Å². The van der Waals surface area contributed by atoms with Crippen molar-refractivity contribution in [1.29, 1.82) is 0 Å². The maximum absolute atomic E-state index is 12.2. The molecule has 2 heterocycles. The molecule has 0 radical (unpaired) electrons. The van der Waals surface area contributed by atoms with Gasteiger partial charge in [-0.1, -0.05) is 0 Å². The summed E-state index contributed by atoms with van der Waals surface area (Å²) in [6.07, 6.45) is 1.88. The zero-order chi connectivity index (χ0) is 14.0. The van der Waals surface area contributed by atoms with E-state index in [1.165, 1.54) is 4.90 Å². The number of hydrogen-bond acceptors (Lipinski definition) is 4. The molecule has 1 aromatic heterocycles. The van der Waals surface area contributed by atoms with Crippen LogP contribution < -0.4 is 5.56 Å². The Bertz CT molecular complexity index is 565. The smallest absolute Gasteiger partial charge is 0.326 e. The van der Waals surface area contributed by atoms with Gasteiger partial charge in [-0.2, -0.15) is 0 Å². The second-order valence-electron chi connectivity index (χ2n) is 4.47. The lowest BCUT2D eigenvalue weighted by Crippen LogP contribution is -2.48. The Balaban J connectivity index is 2.31. The standard InChI is InChI=1S/C12H14N2O5/c15-9-5-7(6-10(16)13-9)11(17)14-4-2-1-3-8(14)12(18)19/h5-6,8H,1-4H2,(H,18,19)(H2,13,15,16). The van der Waals surface area contributed by atoms with E-state index in [9.17, 15) is 19.5 Å². The molecular formula is C12H14N2O5. The Hall–Kier alpha value is -2.31. The van der Waals surface area contributed by atoms with Crippen LogP contribution in [-0.4, -0.2) is 44.6 Å². The molecule has 102 valence electrons. The number of carboxylic acid groups (broad SMARTS) is 1. The van der Waals surface area contributed by atoms with Gasteiger partial charge in [-0.3, -0.25) is 14.6 Å². The Kier molecular flexibility index (Phi) is 3.55. The number of rotatable bonds is 2. The van der Waals surface area contributed by atoms with Crippen LogP contribution in [0.2, 0.25) is 0 Å². The Morgan fingerprint density at radius 2 is 2.05 bits per heavy atom. The lowest BCUT2D eigenvalue weighted by atomic mass is 10.0. The molecule has 0 aromatic carbocycles. The summed E-state index contributed by atoms with van der Waals surface area (Å²) < 4.78 is 0. The number of hydrogen-bond donors (Lipinski definition) is 3. The number of nitrogens with zero attached hydrogens (tertiary/aromatic N) is 1. The molecule has 19 heavy (non-hydrogen) atoms. The molecule has 7 nitrogen and oxygen atoms in total. The minimum atomic E-state index is -1.05. The van der Waals surface area contributed by atoms with E-state index in [0.717, 1.165) is 25.0 Å². The first kappa shape index (κ1) is 13.1. The average molecular weight is 266 g/mol. The maximum atomic E-state index is 12.2. The van der Waals surface area contributed by atoms with Crippen molar-refractivity contribution < 1.29 is 19.8 Å². The highest BCUT2D eigenvalue weighted by Crippen LogP contribution is 2.20. The van der Waals surface area contributed by atoms with Crippen molar-refractivity contribution in [3.63, 3.8) is 0 Å². The number of carbonyl (C=O) groups excluding carboxylic acids is 1. The van der Waals surface area contributed by atoms with E-state index >= 15 is 0 Å².